The third kappa shape index (κ3) is 3.46. The van der Waals surface area contributed by atoms with E-state index >= 15 is 0 Å². The van der Waals surface area contributed by atoms with Gasteiger partial charge in [-0.1, -0.05) is 41.9 Å². The highest BCUT2D eigenvalue weighted by Gasteiger charge is 2.19. The predicted octanol–water partition coefficient (Wildman–Crippen LogP) is 5.13. The van der Waals surface area contributed by atoms with E-state index < -0.39 is 0 Å². The highest BCUT2D eigenvalue weighted by atomic mass is 35.5. The average Bonchev–Trinajstić information content (AvgIpc) is 3.23. The van der Waals surface area contributed by atoms with Crippen molar-refractivity contribution < 1.29 is 9.18 Å². The van der Waals surface area contributed by atoms with Gasteiger partial charge in [-0.3, -0.25) is 9.20 Å². The smallest absolute Gasteiger partial charge is 0.271 e. The average molecular weight is 400 g/mol. The van der Waals surface area contributed by atoms with E-state index in [4.69, 9.17) is 11.6 Å². The first kappa shape index (κ1) is 17.7. The Morgan fingerprint density at radius 1 is 1.26 bits per heavy atom. The number of benzene rings is 2. The summed E-state index contributed by atoms with van der Waals surface area (Å²) in [6.45, 7) is 0.404. The molecule has 0 aliphatic carbocycles. The second-order valence-electron chi connectivity index (χ2n) is 6.16. The Hall–Kier alpha value is -2.70. The third-order valence-electron chi connectivity index (χ3n) is 4.26. The molecule has 2 heterocycles. The minimum atomic E-state index is -0.320. The second kappa shape index (κ2) is 7.13. The number of nitrogens with zero attached hydrogens (tertiary/aromatic N) is 3. The first-order valence-electron chi connectivity index (χ1n) is 8.24. The van der Waals surface area contributed by atoms with E-state index in [2.05, 4.69) is 4.98 Å². The molecule has 0 fully saturated rings. The molecule has 27 heavy (non-hydrogen) atoms. The third-order valence-corrected chi connectivity index (χ3v) is 5.47. The molecule has 0 saturated carbocycles. The zero-order valence-corrected chi connectivity index (χ0v) is 16.0. The summed E-state index contributed by atoms with van der Waals surface area (Å²) in [5.74, 6) is -0.455. The number of hydrogen-bond donors (Lipinski definition) is 0. The van der Waals surface area contributed by atoms with E-state index in [-0.39, 0.29) is 11.7 Å². The molecule has 0 unspecified atom stereocenters. The number of rotatable bonds is 4. The summed E-state index contributed by atoms with van der Waals surface area (Å²) in [6.07, 6.45) is 1.76. The van der Waals surface area contributed by atoms with Crippen molar-refractivity contribution in [2.75, 3.05) is 7.05 Å². The Kier molecular flexibility index (Phi) is 4.68. The molecule has 1 amide bonds. The molecule has 136 valence electrons. The van der Waals surface area contributed by atoms with Crippen molar-refractivity contribution in [2.45, 2.75) is 6.54 Å². The summed E-state index contributed by atoms with van der Waals surface area (Å²) < 4.78 is 15.2. The molecule has 0 bridgehead atoms. The zero-order valence-electron chi connectivity index (χ0n) is 14.4. The van der Waals surface area contributed by atoms with E-state index in [1.165, 1.54) is 23.5 Å². The SMILES string of the molecule is CN(Cc1ccccc1Cl)C(=O)c1csc2nc(-c3cccc(F)c3)cn12. The molecule has 4 rings (SSSR count). The molecule has 7 heteroatoms. The van der Waals surface area contributed by atoms with Gasteiger partial charge in [-0.05, 0) is 23.8 Å². The summed E-state index contributed by atoms with van der Waals surface area (Å²) in [5.41, 5.74) is 2.70. The molecule has 4 nitrogen and oxygen atoms in total. The minimum absolute atomic E-state index is 0.135. The standard InChI is InChI=1S/C20H15ClFN3OS/c1-24(10-14-5-2-3-8-16(14)21)19(26)18-12-27-20-23-17(11-25(18)20)13-6-4-7-15(22)9-13/h2-9,11-12H,10H2,1H3. The molecule has 2 aromatic heterocycles. The van der Waals surface area contributed by atoms with Gasteiger partial charge < -0.3 is 4.90 Å². The van der Waals surface area contributed by atoms with Crippen LogP contribution in [-0.4, -0.2) is 27.2 Å². The van der Waals surface area contributed by atoms with Crippen LogP contribution in [-0.2, 0) is 6.54 Å². The lowest BCUT2D eigenvalue weighted by atomic mass is 10.2. The van der Waals surface area contributed by atoms with E-state index in [1.54, 1.807) is 46.1 Å². The molecule has 0 aliphatic heterocycles. The fourth-order valence-electron chi connectivity index (χ4n) is 2.87. The fraction of sp³-hybridized carbons (Fsp3) is 0.100. The fourth-order valence-corrected chi connectivity index (χ4v) is 3.92. The first-order valence-corrected chi connectivity index (χ1v) is 9.50. The maximum Gasteiger partial charge on any atom is 0.271 e. The van der Waals surface area contributed by atoms with Gasteiger partial charge in [0.05, 0.1) is 5.69 Å². The van der Waals surface area contributed by atoms with Crippen LogP contribution < -0.4 is 0 Å². The van der Waals surface area contributed by atoms with E-state index in [0.717, 1.165) is 5.56 Å². The lowest BCUT2D eigenvalue weighted by Gasteiger charge is -2.17. The number of carbonyl (C=O) groups excluding carboxylic acids is 1. The Labute approximate surface area is 164 Å². The zero-order chi connectivity index (χ0) is 19.0. The van der Waals surface area contributed by atoms with E-state index in [0.29, 0.717) is 33.5 Å². The maximum absolute atomic E-state index is 13.5. The molecule has 0 spiro atoms. The molecule has 4 aromatic rings. The highest BCUT2D eigenvalue weighted by Crippen LogP contribution is 2.25. The number of hydrogen-bond acceptors (Lipinski definition) is 3. The van der Waals surface area contributed by atoms with Crippen molar-refractivity contribution in [3.05, 3.63) is 82.2 Å². The van der Waals surface area contributed by atoms with Crippen LogP contribution in [0.5, 0.6) is 0 Å². The number of thiazole rings is 1. The molecule has 0 saturated heterocycles. The summed E-state index contributed by atoms with van der Waals surface area (Å²) in [7, 11) is 1.74. The molecule has 0 radical (unpaired) electrons. The van der Waals surface area contributed by atoms with Gasteiger partial charge in [-0.25, -0.2) is 9.37 Å². The number of aromatic nitrogens is 2. The Bertz CT molecular complexity index is 1140. The molecular formula is C20H15ClFN3OS. The van der Waals surface area contributed by atoms with Gasteiger partial charge in [0.25, 0.3) is 5.91 Å². The summed E-state index contributed by atoms with van der Waals surface area (Å²) >= 11 is 7.57. The lowest BCUT2D eigenvalue weighted by Crippen LogP contribution is -2.27. The maximum atomic E-state index is 13.5. The number of carbonyl (C=O) groups is 1. The largest absolute Gasteiger partial charge is 0.336 e. The normalized spacial score (nSPS) is 11.1. The minimum Gasteiger partial charge on any atom is -0.336 e. The van der Waals surface area contributed by atoms with Gasteiger partial charge >= 0.3 is 0 Å². The van der Waals surface area contributed by atoms with Crippen LogP contribution >= 0.6 is 22.9 Å². The lowest BCUT2D eigenvalue weighted by molar-refractivity contribution is 0.0778. The Morgan fingerprint density at radius 2 is 2.07 bits per heavy atom. The van der Waals surface area contributed by atoms with Crippen LogP contribution in [0, 0.1) is 5.82 Å². The number of amides is 1. The monoisotopic (exact) mass is 399 g/mol. The van der Waals surface area contributed by atoms with Crippen LogP contribution in [0.4, 0.5) is 4.39 Å². The van der Waals surface area contributed by atoms with Crippen molar-refractivity contribution in [3.63, 3.8) is 0 Å². The van der Waals surface area contributed by atoms with Crippen molar-refractivity contribution in [2.24, 2.45) is 0 Å². The van der Waals surface area contributed by atoms with Gasteiger partial charge in [0, 0.05) is 35.8 Å². The molecule has 0 N–H and O–H groups in total. The quantitative estimate of drug-likeness (QED) is 0.477. The summed E-state index contributed by atoms with van der Waals surface area (Å²) in [4.78, 5) is 19.7. The highest BCUT2D eigenvalue weighted by molar-refractivity contribution is 7.15. The topological polar surface area (TPSA) is 37.6 Å². The second-order valence-corrected chi connectivity index (χ2v) is 7.41. The molecule has 0 atom stereocenters. The number of imidazole rings is 1. The van der Waals surface area contributed by atoms with Crippen molar-refractivity contribution in [1.82, 2.24) is 14.3 Å². The van der Waals surface area contributed by atoms with Crippen molar-refractivity contribution in [1.29, 1.82) is 0 Å². The van der Waals surface area contributed by atoms with Gasteiger partial charge in [0.15, 0.2) is 4.96 Å². The van der Waals surface area contributed by atoms with Crippen LogP contribution in [0.25, 0.3) is 16.2 Å². The van der Waals surface area contributed by atoms with Gasteiger partial charge in [-0.2, -0.15) is 0 Å². The number of fused-ring (bicyclic) bond motifs is 1. The molecule has 2 aromatic carbocycles. The summed E-state index contributed by atoms with van der Waals surface area (Å²) in [5, 5.41) is 2.41. The van der Waals surface area contributed by atoms with E-state index in [9.17, 15) is 9.18 Å². The number of halogens is 2. The van der Waals surface area contributed by atoms with Gasteiger partial charge in [0.1, 0.15) is 11.5 Å². The molecular weight excluding hydrogens is 385 g/mol. The summed E-state index contributed by atoms with van der Waals surface area (Å²) in [6, 6.07) is 13.7. The van der Waals surface area contributed by atoms with Crippen molar-refractivity contribution in [3.8, 4) is 11.3 Å². The van der Waals surface area contributed by atoms with Gasteiger partial charge in [0.2, 0.25) is 0 Å². The van der Waals surface area contributed by atoms with Crippen LogP contribution in [0.3, 0.4) is 0 Å². The van der Waals surface area contributed by atoms with Crippen LogP contribution in [0.15, 0.2) is 60.1 Å². The van der Waals surface area contributed by atoms with Gasteiger partial charge in [-0.15, -0.1) is 11.3 Å². The molecule has 0 aliphatic rings. The van der Waals surface area contributed by atoms with Crippen LogP contribution in [0.1, 0.15) is 16.1 Å². The van der Waals surface area contributed by atoms with Crippen molar-refractivity contribution >= 4 is 33.8 Å². The Balaban J connectivity index is 1.63. The predicted molar refractivity (Wildman–Crippen MR) is 106 cm³/mol. The van der Waals surface area contributed by atoms with E-state index in [1.807, 2.05) is 18.2 Å². The van der Waals surface area contributed by atoms with Crippen LogP contribution in [0.2, 0.25) is 5.02 Å². The Morgan fingerprint density at radius 3 is 2.85 bits per heavy atom. The first-order chi connectivity index (χ1) is 13.0.